The van der Waals surface area contributed by atoms with Crippen molar-refractivity contribution in [2.45, 2.75) is 64.5 Å². The largest absolute Gasteiger partial charge is 0.481 e. The fraction of sp³-hybridized carbons (Fsp3) is 0.857. The average molecular weight is 270 g/mol. The minimum absolute atomic E-state index is 0.00524. The number of carboxylic acids is 1. The number of aliphatic carboxylic acids is 1. The van der Waals surface area contributed by atoms with Crippen molar-refractivity contribution in [2.75, 3.05) is 6.54 Å². The van der Waals surface area contributed by atoms with Crippen LogP contribution in [0.5, 0.6) is 0 Å². The summed E-state index contributed by atoms with van der Waals surface area (Å²) in [6, 6.07) is -0.201. The van der Waals surface area contributed by atoms with Gasteiger partial charge >= 0.3 is 5.97 Å². The van der Waals surface area contributed by atoms with Crippen LogP contribution in [0.15, 0.2) is 0 Å². The van der Waals surface area contributed by atoms with Gasteiger partial charge in [0.1, 0.15) is 0 Å². The molecule has 5 nitrogen and oxygen atoms in total. The molecule has 1 aliphatic carbocycles. The lowest BCUT2D eigenvalue weighted by Crippen LogP contribution is -2.46. The first-order chi connectivity index (χ1) is 8.79. The third-order valence-corrected chi connectivity index (χ3v) is 3.44. The Hall–Kier alpha value is -1.10. The maximum absolute atomic E-state index is 11.8. The molecule has 0 aliphatic heterocycles. The molecule has 2 unspecified atom stereocenters. The molecule has 0 heterocycles. The number of hydrogen-bond acceptors (Lipinski definition) is 3. The van der Waals surface area contributed by atoms with Gasteiger partial charge in [-0.05, 0) is 33.6 Å². The lowest BCUT2D eigenvalue weighted by molar-refractivity contribution is -0.144. The molecule has 0 aromatic carbocycles. The van der Waals surface area contributed by atoms with Crippen LogP contribution in [-0.4, -0.2) is 35.1 Å². The van der Waals surface area contributed by atoms with Gasteiger partial charge in [0.25, 0.3) is 0 Å². The van der Waals surface area contributed by atoms with Gasteiger partial charge in [0.05, 0.1) is 5.92 Å². The van der Waals surface area contributed by atoms with E-state index in [2.05, 4.69) is 10.6 Å². The summed E-state index contributed by atoms with van der Waals surface area (Å²) >= 11 is 0. The quantitative estimate of drug-likeness (QED) is 0.708. The van der Waals surface area contributed by atoms with Crippen LogP contribution in [0.1, 0.15) is 52.9 Å². The molecular formula is C14H26N2O3. The molecule has 3 N–H and O–H groups in total. The van der Waals surface area contributed by atoms with E-state index in [1.54, 1.807) is 0 Å². The maximum atomic E-state index is 11.8. The molecule has 1 fully saturated rings. The summed E-state index contributed by atoms with van der Waals surface area (Å²) in [6.07, 6.45) is 3.76. The van der Waals surface area contributed by atoms with E-state index in [-0.39, 0.29) is 17.5 Å². The monoisotopic (exact) mass is 270 g/mol. The van der Waals surface area contributed by atoms with Crippen molar-refractivity contribution in [3.05, 3.63) is 0 Å². The minimum Gasteiger partial charge on any atom is -0.481 e. The molecule has 1 rings (SSSR count). The number of carbonyl (C=O) groups excluding carboxylic acids is 1. The lowest BCUT2D eigenvalue weighted by Gasteiger charge is -2.29. The number of carbonyl (C=O) groups is 2. The first-order valence-electron chi connectivity index (χ1n) is 7.07. The summed E-state index contributed by atoms with van der Waals surface area (Å²) in [6.45, 7) is 6.76. The van der Waals surface area contributed by atoms with Crippen molar-refractivity contribution >= 4 is 11.9 Å². The van der Waals surface area contributed by atoms with E-state index < -0.39 is 11.9 Å². The van der Waals surface area contributed by atoms with Gasteiger partial charge in [0.2, 0.25) is 5.91 Å². The van der Waals surface area contributed by atoms with Crippen LogP contribution in [0.4, 0.5) is 0 Å². The highest BCUT2D eigenvalue weighted by molar-refractivity contribution is 5.78. The molecule has 19 heavy (non-hydrogen) atoms. The summed E-state index contributed by atoms with van der Waals surface area (Å²) in [5.74, 6) is -1.28. The van der Waals surface area contributed by atoms with Crippen molar-refractivity contribution < 1.29 is 14.7 Å². The lowest BCUT2D eigenvalue weighted by atomic mass is 9.84. The molecule has 0 radical (unpaired) electrons. The van der Waals surface area contributed by atoms with E-state index >= 15 is 0 Å². The van der Waals surface area contributed by atoms with Crippen molar-refractivity contribution in [3.63, 3.8) is 0 Å². The Morgan fingerprint density at radius 3 is 2.42 bits per heavy atom. The Bertz CT molecular complexity index is 323. The van der Waals surface area contributed by atoms with Gasteiger partial charge in [-0.2, -0.15) is 0 Å². The third-order valence-electron chi connectivity index (χ3n) is 3.44. The molecule has 0 saturated heterocycles. The SMILES string of the molecule is CC(C)(C)NCCC(=O)NC1CCCCC1C(=O)O. The second-order valence-corrected chi connectivity index (χ2v) is 6.33. The zero-order valence-corrected chi connectivity index (χ0v) is 12.2. The Balaban J connectivity index is 2.36. The zero-order chi connectivity index (χ0) is 14.5. The van der Waals surface area contributed by atoms with E-state index in [9.17, 15) is 9.59 Å². The van der Waals surface area contributed by atoms with Gasteiger partial charge in [-0.1, -0.05) is 12.8 Å². The van der Waals surface area contributed by atoms with Gasteiger partial charge in [-0.3, -0.25) is 9.59 Å². The molecule has 1 saturated carbocycles. The first-order valence-corrected chi connectivity index (χ1v) is 7.07. The fourth-order valence-electron chi connectivity index (χ4n) is 2.43. The van der Waals surface area contributed by atoms with Crippen LogP contribution in [0.2, 0.25) is 0 Å². The van der Waals surface area contributed by atoms with E-state index in [4.69, 9.17) is 5.11 Å². The predicted molar refractivity (Wildman–Crippen MR) is 73.9 cm³/mol. The van der Waals surface area contributed by atoms with Crippen molar-refractivity contribution in [3.8, 4) is 0 Å². The minimum atomic E-state index is -0.794. The van der Waals surface area contributed by atoms with Gasteiger partial charge in [0.15, 0.2) is 0 Å². The highest BCUT2D eigenvalue weighted by atomic mass is 16.4. The molecule has 110 valence electrons. The molecule has 0 spiro atoms. The van der Waals surface area contributed by atoms with Gasteiger partial charge in [-0.25, -0.2) is 0 Å². The molecule has 1 aliphatic rings. The Morgan fingerprint density at radius 1 is 1.21 bits per heavy atom. The van der Waals surface area contributed by atoms with Gasteiger partial charge < -0.3 is 15.7 Å². The van der Waals surface area contributed by atoms with Crippen molar-refractivity contribution in [1.29, 1.82) is 0 Å². The molecule has 0 aromatic rings. The molecule has 2 atom stereocenters. The van der Waals surface area contributed by atoms with E-state index in [0.29, 0.717) is 19.4 Å². The number of nitrogens with one attached hydrogen (secondary N) is 2. The average Bonchev–Trinajstić information content (AvgIpc) is 2.27. The zero-order valence-electron chi connectivity index (χ0n) is 12.2. The molecule has 5 heteroatoms. The molecule has 0 aromatic heterocycles. The van der Waals surface area contributed by atoms with Crippen LogP contribution in [0.3, 0.4) is 0 Å². The maximum Gasteiger partial charge on any atom is 0.308 e. The number of amides is 1. The van der Waals surface area contributed by atoms with Crippen molar-refractivity contribution in [2.24, 2.45) is 5.92 Å². The predicted octanol–water partition coefficient (Wildman–Crippen LogP) is 1.52. The first kappa shape index (κ1) is 16.0. The second kappa shape index (κ2) is 6.89. The van der Waals surface area contributed by atoms with E-state index in [1.165, 1.54) is 0 Å². The molecular weight excluding hydrogens is 244 g/mol. The summed E-state index contributed by atoms with van der Waals surface area (Å²) in [4.78, 5) is 22.9. The van der Waals surface area contributed by atoms with Crippen LogP contribution < -0.4 is 10.6 Å². The smallest absolute Gasteiger partial charge is 0.308 e. The summed E-state index contributed by atoms with van der Waals surface area (Å²) in [5.41, 5.74) is -0.00524. The Morgan fingerprint density at radius 2 is 1.84 bits per heavy atom. The fourth-order valence-corrected chi connectivity index (χ4v) is 2.43. The topological polar surface area (TPSA) is 78.4 Å². The number of carboxylic acid groups (broad SMARTS) is 1. The number of hydrogen-bond donors (Lipinski definition) is 3. The molecule has 1 amide bonds. The van der Waals surface area contributed by atoms with Crippen molar-refractivity contribution in [1.82, 2.24) is 10.6 Å². The standard InChI is InChI=1S/C14H26N2O3/c1-14(2,3)15-9-8-12(17)16-11-7-5-4-6-10(11)13(18)19/h10-11,15H,4-9H2,1-3H3,(H,16,17)(H,18,19). The van der Waals surface area contributed by atoms with Crippen LogP contribution in [-0.2, 0) is 9.59 Å². The Labute approximate surface area is 115 Å². The highest BCUT2D eigenvalue weighted by Gasteiger charge is 2.31. The van der Waals surface area contributed by atoms with E-state index in [0.717, 1.165) is 19.3 Å². The van der Waals surface area contributed by atoms with Crippen LogP contribution >= 0.6 is 0 Å². The Kier molecular flexibility index (Phi) is 5.79. The van der Waals surface area contributed by atoms with Gasteiger partial charge in [-0.15, -0.1) is 0 Å². The van der Waals surface area contributed by atoms with Gasteiger partial charge in [0, 0.05) is 24.5 Å². The molecule has 0 bridgehead atoms. The van der Waals surface area contributed by atoms with E-state index in [1.807, 2.05) is 20.8 Å². The second-order valence-electron chi connectivity index (χ2n) is 6.33. The summed E-state index contributed by atoms with van der Waals surface area (Å²) < 4.78 is 0. The van der Waals surface area contributed by atoms with Crippen LogP contribution in [0.25, 0.3) is 0 Å². The van der Waals surface area contributed by atoms with Crippen LogP contribution in [0, 0.1) is 5.92 Å². The highest BCUT2D eigenvalue weighted by Crippen LogP contribution is 2.24. The summed E-state index contributed by atoms with van der Waals surface area (Å²) in [5, 5.41) is 15.3. The third kappa shape index (κ3) is 6.05. The summed E-state index contributed by atoms with van der Waals surface area (Å²) in [7, 11) is 0. The normalized spacial score (nSPS) is 23.9. The number of rotatable bonds is 5.